The summed E-state index contributed by atoms with van der Waals surface area (Å²) in [7, 11) is 1.50. The van der Waals surface area contributed by atoms with Gasteiger partial charge in [-0.05, 0) is 51.1 Å². The van der Waals surface area contributed by atoms with Crippen LogP contribution in [0.1, 0.15) is 40.4 Å². The van der Waals surface area contributed by atoms with Gasteiger partial charge in [0.05, 0.1) is 13.2 Å². The number of benzene rings is 1. The molecule has 0 atom stereocenters. The van der Waals surface area contributed by atoms with E-state index in [9.17, 15) is 9.59 Å². The predicted octanol–water partition coefficient (Wildman–Crippen LogP) is 2.51. The van der Waals surface area contributed by atoms with Crippen LogP contribution in [0, 0.1) is 6.92 Å². The molecule has 2 N–H and O–H groups in total. The van der Waals surface area contributed by atoms with E-state index in [4.69, 9.17) is 9.47 Å². The lowest BCUT2D eigenvalue weighted by Gasteiger charge is -2.14. The average molecular weight is 382 g/mol. The first kappa shape index (κ1) is 19.2. The van der Waals surface area contributed by atoms with Crippen LogP contribution in [-0.2, 0) is 0 Å². The van der Waals surface area contributed by atoms with Crippen LogP contribution in [0.4, 0.5) is 0 Å². The first-order valence-corrected chi connectivity index (χ1v) is 8.79. The van der Waals surface area contributed by atoms with E-state index in [1.54, 1.807) is 34.9 Å². The number of aryl methyl sites for hydroxylation is 1. The van der Waals surface area contributed by atoms with Crippen LogP contribution in [-0.4, -0.2) is 34.4 Å². The maximum Gasteiger partial charge on any atom is 0.289 e. The van der Waals surface area contributed by atoms with Crippen LogP contribution >= 0.6 is 0 Å². The lowest BCUT2D eigenvalue weighted by molar-refractivity contribution is 0.0844. The van der Waals surface area contributed by atoms with Crippen molar-refractivity contribution in [2.45, 2.75) is 26.9 Å². The Hall–Kier alpha value is -3.55. The fourth-order valence-electron chi connectivity index (χ4n) is 2.67. The number of rotatable bonds is 5. The number of nitrogens with zero attached hydrogens (tertiary/aromatic N) is 2. The molecule has 0 unspecified atom stereocenters. The van der Waals surface area contributed by atoms with E-state index in [0.717, 1.165) is 5.69 Å². The minimum absolute atomic E-state index is 0.0260. The first-order valence-electron chi connectivity index (χ1n) is 8.79. The van der Waals surface area contributed by atoms with Crippen molar-refractivity contribution in [1.29, 1.82) is 0 Å². The number of nitrogens with one attached hydrogen (secondary N) is 2. The SMILES string of the molecule is COc1cc(C(=O)NNC(=O)c2cn3c(C)cccc3n2)ccc1OC(C)C. The van der Waals surface area contributed by atoms with Gasteiger partial charge in [0, 0.05) is 17.5 Å². The number of fused-ring (bicyclic) bond motifs is 1. The number of hydrazine groups is 1. The summed E-state index contributed by atoms with van der Waals surface area (Å²) in [6.45, 7) is 5.71. The minimum atomic E-state index is -0.511. The number of imidazole rings is 1. The Morgan fingerprint density at radius 3 is 2.50 bits per heavy atom. The molecule has 2 heterocycles. The minimum Gasteiger partial charge on any atom is -0.493 e. The molecule has 0 aliphatic heterocycles. The molecule has 0 aliphatic carbocycles. The van der Waals surface area contributed by atoms with Crippen LogP contribution in [0.2, 0.25) is 0 Å². The molecule has 0 radical (unpaired) electrons. The van der Waals surface area contributed by atoms with E-state index in [-0.39, 0.29) is 11.8 Å². The molecule has 1 aromatic carbocycles. The highest BCUT2D eigenvalue weighted by atomic mass is 16.5. The summed E-state index contributed by atoms with van der Waals surface area (Å²) in [5.74, 6) is -0.0208. The van der Waals surface area contributed by atoms with Crippen molar-refractivity contribution < 1.29 is 19.1 Å². The van der Waals surface area contributed by atoms with Crippen molar-refractivity contribution in [3.8, 4) is 11.5 Å². The predicted molar refractivity (Wildman–Crippen MR) is 104 cm³/mol. The Labute approximate surface area is 162 Å². The van der Waals surface area contributed by atoms with E-state index in [1.807, 2.05) is 32.9 Å². The highest BCUT2D eigenvalue weighted by Gasteiger charge is 2.15. The second-order valence-corrected chi connectivity index (χ2v) is 6.46. The third-order valence-corrected chi connectivity index (χ3v) is 4.01. The molecule has 0 saturated heterocycles. The van der Waals surface area contributed by atoms with Crippen molar-refractivity contribution in [2.24, 2.45) is 0 Å². The number of hydrogen-bond acceptors (Lipinski definition) is 5. The quantitative estimate of drug-likeness (QED) is 0.662. The number of carbonyl (C=O) groups is 2. The molecule has 8 nitrogen and oxygen atoms in total. The number of carbonyl (C=O) groups excluding carboxylic acids is 2. The molecular weight excluding hydrogens is 360 g/mol. The molecule has 0 saturated carbocycles. The van der Waals surface area contributed by atoms with Crippen LogP contribution in [0.3, 0.4) is 0 Å². The van der Waals surface area contributed by atoms with Gasteiger partial charge >= 0.3 is 0 Å². The maximum absolute atomic E-state index is 12.4. The Morgan fingerprint density at radius 2 is 1.82 bits per heavy atom. The summed E-state index contributed by atoms with van der Waals surface area (Å²) < 4.78 is 12.7. The molecule has 2 aromatic heterocycles. The molecule has 8 heteroatoms. The van der Waals surface area contributed by atoms with E-state index in [0.29, 0.717) is 22.7 Å². The van der Waals surface area contributed by atoms with Gasteiger partial charge in [0.15, 0.2) is 11.5 Å². The van der Waals surface area contributed by atoms with Crippen LogP contribution in [0.15, 0.2) is 42.6 Å². The normalized spacial score (nSPS) is 10.8. The van der Waals surface area contributed by atoms with Gasteiger partial charge in [-0.3, -0.25) is 20.4 Å². The third kappa shape index (κ3) is 4.06. The van der Waals surface area contributed by atoms with Gasteiger partial charge in [-0.15, -0.1) is 0 Å². The van der Waals surface area contributed by atoms with Crippen molar-refractivity contribution in [1.82, 2.24) is 20.2 Å². The highest BCUT2D eigenvalue weighted by molar-refractivity contribution is 5.98. The lowest BCUT2D eigenvalue weighted by Crippen LogP contribution is -2.41. The highest BCUT2D eigenvalue weighted by Crippen LogP contribution is 2.28. The average Bonchev–Trinajstić information content (AvgIpc) is 3.11. The molecular formula is C20H22N4O4. The molecule has 2 amide bonds. The summed E-state index contributed by atoms with van der Waals surface area (Å²) >= 11 is 0. The monoisotopic (exact) mass is 382 g/mol. The van der Waals surface area contributed by atoms with E-state index < -0.39 is 11.8 Å². The second kappa shape index (κ2) is 7.99. The molecule has 3 aromatic rings. The summed E-state index contributed by atoms with van der Waals surface area (Å²) in [6.07, 6.45) is 1.59. The Balaban J connectivity index is 1.69. The maximum atomic E-state index is 12.4. The molecule has 0 aliphatic rings. The largest absolute Gasteiger partial charge is 0.493 e. The summed E-state index contributed by atoms with van der Waals surface area (Å²) in [5, 5.41) is 0. The van der Waals surface area contributed by atoms with Crippen LogP contribution in [0.5, 0.6) is 11.5 Å². The molecule has 146 valence electrons. The number of pyridine rings is 1. The zero-order valence-electron chi connectivity index (χ0n) is 16.1. The molecule has 28 heavy (non-hydrogen) atoms. The summed E-state index contributed by atoms with van der Waals surface area (Å²) in [5.41, 5.74) is 6.88. The van der Waals surface area contributed by atoms with Gasteiger partial charge in [0.2, 0.25) is 0 Å². The van der Waals surface area contributed by atoms with Gasteiger partial charge in [-0.1, -0.05) is 6.07 Å². The van der Waals surface area contributed by atoms with Crippen molar-refractivity contribution in [3.63, 3.8) is 0 Å². The number of methoxy groups -OCH3 is 1. The fourth-order valence-corrected chi connectivity index (χ4v) is 2.67. The van der Waals surface area contributed by atoms with Gasteiger partial charge in [-0.2, -0.15) is 0 Å². The Morgan fingerprint density at radius 1 is 1.07 bits per heavy atom. The van der Waals surface area contributed by atoms with Crippen molar-refractivity contribution in [3.05, 3.63) is 59.5 Å². The number of amides is 2. The molecule has 3 rings (SSSR count). The van der Waals surface area contributed by atoms with Crippen LogP contribution < -0.4 is 20.3 Å². The smallest absolute Gasteiger partial charge is 0.289 e. The number of aromatic nitrogens is 2. The molecule has 0 spiro atoms. The van der Waals surface area contributed by atoms with Gasteiger partial charge in [-0.25, -0.2) is 4.98 Å². The first-order chi connectivity index (χ1) is 13.4. The zero-order valence-corrected chi connectivity index (χ0v) is 16.1. The Bertz CT molecular complexity index is 1030. The van der Waals surface area contributed by atoms with Gasteiger partial charge in [0.1, 0.15) is 11.3 Å². The third-order valence-electron chi connectivity index (χ3n) is 4.01. The Kier molecular flexibility index (Phi) is 5.49. The lowest BCUT2D eigenvalue weighted by atomic mass is 10.2. The van der Waals surface area contributed by atoms with E-state index in [2.05, 4.69) is 15.8 Å². The van der Waals surface area contributed by atoms with Crippen LogP contribution in [0.25, 0.3) is 5.65 Å². The summed E-state index contributed by atoms with van der Waals surface area (Å²) in [6, 6.07) is 10.4. The second-order valence-electron chi connectivity index (χ2n) is 6.46. The van der Waals surface area contributed by atoms with E-state index in [1.165, 1.54) is 7.11 Å². The summed E-state index contributed by atoms with van der Waals surface area (Å²) in [4.78, 5) is 28.9. The number of ether oxygens (including phenoxy) is 2. The standard InChI is InChI=1S/C20H22N4O4/c1-12(2)28-16-9-8-14(10-17(16)27-4)19(25)22-23-20(26)15-11-24-13(3)6-5-7-18(24)21-15/h5-12H,1-4H3,(H,22,25)(H,23,26). The van der Waals surface area contributed by atoms with E-state index >= 15 is 0 Å². The van der Waals surface area contributed by atoms with Gasteiger partial charge in [0.25, 0.3) is 11.8 Å². The fraction of sp³-hybridized carbons (Fsp3) is 0.250. The van der Waals surface area contributed by atoms with Gasteiger partial charge < -0.3 is 13.9 Å². The zero-order chi connectivity index (χ0) is 20.3. The molecule has 0 bridgehead atoms. The van der Waals surface area contributed by atoms with Crippen molar-refractivity contribution >= 4 is 17.5 Å². The molecule has 0 fully saturated rings. The topological polar surface area (TPSA) is 94.0 Å². The number of hydrogen-bond donors (Lipinski definition) is 2. The van der Waals surface area contributed by atoms with Crippen molar-refractivity contribution in [2.75, 3.05) is 7.11 Å².